The summed E-state index contributed by atoms with van der Waals surface area (Å²) in [4.78, 5) is 0. The lowest BCUT2D eigenvalue weighted by atomic mass is 10.0. The smallest absolute Gasteiger partial charge is 0.167 e. The third-order valence-corrected chi connectivity index (χ3v) is 3.37. The molecule has 0 saturated heterocycles. The lowest BCUT2D eigenvalue weighted by Gasteiger charge is -2.04. The summed E-state index contributed by atoms with van der Waals surface area (Å²) in [5.74, 6) is 0.781. The van der Waals surface area contributed by atoms with Gasteiger partial charge in [-0.05, 0) is 23.6 Å². The number of benzene rings is 2. The summed E-state index contributed by atoms with van der Waals surface area (Å²) in [6.45, 7) is 1.91. The number of hydrogen-bond donors (Lipinski definition) is 0. The minimum absolute atomic E-state index is 0.448. The fourth-order valence-electron chi connectivity index (χ4n) is 2.23. The highest BCUT2D eigenvalue weighted by atomic mass is 16.5. The molecule has 3 nitrogen and oxygen atoms in total. The summed E-state index contributed by atoms with van der Waals surface area (Å²) >= 11 is 0. The largest absolute Gasteiger partial charge is 0.356 e. The van der Waals surface area contributed by atoms with Crippen LogP contribution < -0.4 is 0 Å². The Morgan fingerprint density at radius 2 is 1.52 bits per heavy atom. The van der Waals surface area contributed by atoms with Crippen LogP contribution in [0.2, 0.25) is 0 Å². The van der Waals surface area contributed by atoms with E-state index >= 15 is 0 Å². The van der Waals surface area contributed by atoms with Crippen LogP contribution in [0.3, 0.4) is 0 Å². The predicted octanol–water partition coefficient (Wildman–Crippen LogP) is 4.38. The van der Waals surface area contributed by atoms with Crippen molar-refractivity contribution in [3.63, 3.8) is 0 Å². The van der Waals surface area contributed by atoms with Crippen LogP contribution in [0.15, 0.2) is 59.1 Å². The van der Waals surface area contributed by atoms with Crippen molar-refractivity contribution in [1.82, 2.24) is 5.16 Å². The number of nitrogens with zero attached hydrogens (tertiary/aromatic N) is 2. The van der Waals surface area contributed by atoms with Crippen LogP contribution in [0.5, 0.6) is 0 Å². The van der Waals surface area contributed by atoms with Gasteiger partial charge >= 0.3 is 0 Å². The summed E-state index contributed by atoms with van der Waals surface area (Å²) in [5.41, 5.74) is 5.20. The quantitative estimate of drug-likeness (QED) is 0.712. The van der Waals surface area contributed by atoms with Crippen molar-refractivity contribution >= 4 is 0 Å². The topological polar surface area (TPSA) is 49.8 Å². The van der Waals surface area contributed by atoms with Crippen molar-refractivity contribution in [3.05, 3.63) is 65.9 Å². The van der Waals surface area contributed by atoms with Crippen molar-refractivity contribution in [2.75, 3.05) is 0 Å². The molecule has 3 heteroatoms. The van der Waals surface area contributed by atoms with Crippen LogP contribution in [-0.4, -0.2) is 5.16 Å². The Hall–Kier alpha value is -2.86. The Labute approximate surface area is 123 Å². The van der Waals surface area contributed by atoms with Gasteiger partial charge < -0.3 is 4.52 Å². The van der Waals surface area contributed by atoms with E-state index < -0.39 is 0 Å². The first-order chi connectivity index (χ1) is 10.3. The average Bonchev–Trinajstić information content (AvgIpc) is 2.95. The van der Waals surface area contributed by atoms with E-state index in [0.29, 0.717) is 6.42 Å². The molecule has 2 aromatic carbocycles. The average molecular weight is 274 g/mol. The number of aromatic nitrogens is 1. The third-order valence-electron chi connectivity index (χ3n) is 3.37. The van der Waals surface area contributed by atoms with Crippen LogP contribution >= 0.6 is 0 Å². The molecule has 1 heterocycles. The summed E-state index contributed by atoms with van der Waals surface area (Å²) in [5, 5.41) is 12.6. The molecule has 0 aliphatic heterocycles. The molecule has 3 aromatic rings. The molecule has 1 aromatic heterocycles. The van der Waals surface area contributed by atoms with E-state index in [1.54, 1.807) is 0 Å². The molecule has 0 atom stereocenters. The van der Waals surface area contributed by atoms with Gasteiger partial charge in [-0.15, -0.1) is 0 Å². The van der Waals surface area contributed by atoms with E-state index in [2.05, 4.69) is 23.4 Å². The van der Waals surface area contributed by atoms with E-state index in [-0.39, 0.29) is 0 Å². The second-order valence-corrected chi connectivity index (χ2v) is 4.94. The maximum atomic E-state index is 8.68. The van der Waals surface area contributed by atoms with Gasteiger partial charge in [0.05, 0.1) is 18.2 Å². The highest BCUT2D eigenvalue weighted by Crippen LogP contribution is 2.25. The van der Waals surface area contributed by atoms with Crippen LogP contribution in [0.25, 0.3) is 22.5 Å². The van der Waals surface area contributed by atoms with Crippen molar-refractivity contribution in [1.29, 1.82) is 5.26 Å². The maximum Gasteiger partial charge on any atom is 0.167 e. The highest BCUT2D eigenvalue weighted by molar-refractivity contribution is 5.68. The molecule has 102 valence electrons. The molecule has 3 rings (SSSR count). The van der Waals surface area contributed by atoms with Crippen molar-refractivity contribution < 1.29 is 4.52 Å². The van der Waals surface area contributed by atoms with Gasteiger partial charge in [0.1, 0.15) is 0 Å². The van der Waals surface area contributed by atoms with Crippen LogP contribution in [0.1, 0.15) is 11.3 Å². The highest BCUT2D eigenvalue weighted by Gasteiger charge is 2.05. The molecule has 0 bridgehead atoms. The van der Waals surface area contributed by atoms with Gasteiger partial charge in [-0.3, -0.25) is 0 Å². The first-order valence-electron chi connectivity index (χ1n) is 6.76. The zero-order valence-corrected chi connectivity index (χ0v) is 11.7. The normalized spacial score (nSPS) is 10.3. The fourth-order valence-corrected chi connectivity index (χ4v) is 2.23. The Bertz CT molecular complexity index is 777. The molecule has 0 unspecified atom stereocenters. The molecule has 21 heavy (non-hydrogen) atoms. The Morgan fingerprint density at radius 1 is 0.952 bits per heavy atom. The van der Waals surface area contributed by atoms with E-state index in [4.69, 9.17) is 9.78 Å². The standard InChI is InChI=1S/C18H14N2O/c1-13-12-18(21-20-13)17-8-6-16(7-9-17)15-4-2-14(3-5-15)10-11-19/h2-9,12H,10H2,1H3. The fraction of sp³-hybridized carbons (Fsp3) is 0.111. The van der Waals surface area contributed by atoms with Gasteiger partial charge in [0.25, 0.3) is 0 Å². The molecule has 0 radical (unpaired) electrons. The number of aryl methyl sites for hydroxylation is 1. The first-order valence-corrected chi connectivity index (χ1v) is 6.76. The van der Waals surface area contributed by atoms with Gasteiger partial charge in [0.15, 0.2) is 5.76 Å². The molecule has 0 aliphatic rings. The van der Waals surface area contributed by atoms with E-state index in [1.165, 1.54) is 0 Å². The van der Waals surface area contributed by atoms with Gasteiger partial charge in [-0.2, -0.15) is 5.26 Å². The molecular formula is C18H14N2O. The second kappa shape index (κ2) is 5.64. The molecule has 0 spiro atoms. The lowest BCUT2D eigenvalue weighted by molar-refractivity contribution is 0.427. The van der Waals surface area contributed by atoms with Gasteiger partial charge in [-0.1, -0.05) is 53.7 Å². The Balaban J connectivity index is 1.85. The second-order valence-electron chi connectivity index (χ2n) is 4.94. The zero-order valence-electron chi connectivity index (χ0n) is 11.7. The van der Waals surface area contributed by atoms with Crippen molar-refractivity contribution in [3.8, 4) is 28.5 Å². The SMILES string of the molecule is Cc1cc(-c2ccc(-c3ccc(CC#N)cc3)cc2)on1. The van der Waals surface area contributed by atoms with Crippen LogP contribution in [0.4, 0.5) is 0 Å². The molecule has 0 aliphatic carbocycles. The van der Waals surface area contributed by atoms with Crippen molar-refractivity contribution in [2.24, 2.45) is 0 Å². The van der Waals surface area contributed by atoms with Crippen LogP contribution in [-0.2, 0) is 6.42 Å². The minimum Gasteiger partial charge on any atom is -0.356 e. The zero-order chi connectivity index (χ0) is 14.7. The van der Waals surface area contributed by atoms with Gasteiger partial charge in [-0.25, -0.2) is 0 Å². The van der Waals surface area contributed by atoms with Gasteiger partial charge in [0.2, 0.25) is 0 Å². The summed E-state index contributed by atoms with van der Waals surface area (Å²) in [7, 11) is 0. The maximum absolute atomic E-state index is 8.68. The molecule has 0 fully saturated rings. The Morgan fingerprint density at radius 3 is 2.05 bits per heavy atom. The number of hydrogen-bond acceptors (Lipinski definition) is 3. The first kappa shape index (κ1) is 13.1. The third kappa shape index (κ3) is 2.85. The van der Waals surface area contributed by atoms with E-state index in [9.17, 15) is 0 Å². The van der Waals surface area contributed by atoms with Crippen molar-refractivity contribution in [2.45, 2.75) is 13.3 Å². The number of nitriles is 1. The Kier molecular flexibility index (Phi) is 3.53. The molecular weight excluding hydrogens is 260 g/mol. The molecule has 0 amide bonds. The number of rotatable bonds is 3. The summed E-state index contributed by atoms with van der Waals surface area (Å²) in [6, 6.07) is 20.3. The summed E-state index contributed by atoms with van der Waals surface area (Å²) in [6.07, 6.45) is 0.448. The predicted molar refractivity (Wildman–Crippen MR) is 81.4 cm³/mol. The van der Waals surface area contributed by atoms with Crippen LogP contribution in [0, 0.1) is 18.3 Å². The molecule has 0 saturated carbocycles. The lowest BCUT2D eigenvalue weighted by Crippen LogP contribution is -1.83. The molecule has 0 N–H and O–H groups in total. The van der Waals surface area contributed by atoms with Gasteiger partial charge in [0, 0.05) is 11.6 Å². The summed E-state index contributed by atoms with van der Waals surface area (Å²) < 4.78 is 5.26. The van der Waals surface area contributed by atoms with E-state index in [1.807, 2.05) is 49.4 Å². The van der Waals surface area contributed by atoms with E-state index in [0.717, 1.165) is 33.7 Å². The minimum atomic E-state index is 0.448. The monoisotopic (exact) mass is 274 g/mol.